The second-order valence-corrected chi connectivity index (χ2v) is 5.81. The van der Waals surface area contributed by atoms with Crippen molar-refractivity contribution < 1.29 is 4.92 Å². The summed E-state index contributed by atoms with van der Waals surface area (Å²) in [4.78, 5) is 15.2. The Morgan fingerprint density at radius 1 is 0.769 bits per heavy atom. The maximum Gasteiger partial charge on any atom is 0.269 e. The molecule has 126 valence electrons. The molecule has 0 radical (unpaired) electrons. The van der Waals surface area contributed by atoms with Crippen molar-refractivity contribution in [2.75, 3.05) is 0 Å². The molecule has 0 aliphatic carbocycles. The van der Waals surface area contributed by atoms with Crippen LogP contribution in [0.4, 0.5) is 5.69 Å². The molecule has 0 amide bonds. The molecule has 26 heavy (non-hydrogen) atoms. The molecule has 4 aromatic rings. The summed E-state index contributed by atoms with van der Waals surface area (Å²) in [5.41, 5.74) is 3.83. The van der Waals surface area contributed by atoms with Gasteiger partial charge in [0.2, 0.25) is 0 Å². The van der Waals surface area contributed by atoms with E-state index in [4.69, 9.17) is 0 Å². The number of hydrogen-bond donors (Lipinski definition) is 0. The topological polar surface area (TPSA) is 61.0 Å². The van der Waals surface area contributed by atoms with E-state index in [1.54, 1.807) is 12.1 Å². The highest BCUT2D eigenvalue weighted by Crippen LogP contribution is 2.30. The lowest BCUT2D eigenvalue weighted by Gasteiger charge is -2.12. The Morgan fingerprint density at radius 2 is 1.35 bits per heavy atom. The molecule has 0 unspecified atom stereocenters. The third-order valence-electron chi connectivity index (χ3n) is 4.18. The number of benzene rings is 3. The Labute approximate surface area is 150 Å². The molecule has 0 bridgehead atoms. The number of rotatable bonds is 4. The zero-order valence-corrected chi connectivity index (χ0v) is 13.8. The number of nitro benzene ring substituents is 1. The van der Waals surface area contributed by atoms with Crippen molar-refractivity contribution in [1.82, 2.24) is 9.55 Å². The highest BCUT2D eigenvalue weighted by molar-refractivity contribution is 5.69. The minimum Gasteiger partial charge on any atom is -0.292 e. The molecule has 0 atom stereocenters. The molecule has 0 saturated carbocycles. The van der Waals surface area contributed by atoms with Crippen molar-refractivity contribution in [2.45, 2.75) is 0 Å². The molecule has 0 N–H and O–H groups in total. The Kier molecular flexibility index (Phi) is 4.03. The van der Waals surface area contributed by atoms with Gasteiger partial charge < -0.3 is 0 Å². The van der Waals surface area contributed by atoms with Crippen molar-refractivity contribution in [3.8, 4) is 28.3 Å². The van der Waals surface area contributed by atoms with E-state index in [0.29, 0.717) is 0 Å². The monoisotopic (exact) mass is 341 g/mol. The standard InChI is InChI=1S/C21H15N3O2/c25-24(26)19-13-11-18(12-14-19)23-20(16-7-3-1-4-8-16)15-22-21(23)17-9-5-2-6-10-17/h1-15H. The fraction of sp³-hybridized carbons (Fsp3) is 0. The van der Waals surface area contributed by atoms with Crippen molar-refractivity contribution in [1.29, 1.82) is 0 Å². The summed E-state index contributed by atoms with van der Waals surface area (Å²) in [6.45, 7) is 0. The van der Waals surface area contributed by atoms with Gasteiger partial charge >= 0.3 is 0 Å². The molecule has 0 fully saturated rings. The summed E-state index contributed by atoms with van der Waals surface area (Å²) >= 11 is 0. The lowest BCUT2D eigenvalue weighted by atomic mass is 10.1. The van der Waals surface area contributed by atoms with Crippen LogP contribution in [0.15, 0.2) is 91.1 Å². The predicted molar refractivity (Wildman–Crippen MR) is 101 cm³/mol. The van der Waals surface area contributed by atoms with E-state index in [1.165, 1.54) is 12.1 Å². The molecular formula is C21H15N3O2. The molecule has 5 heteroatoms. The Hall–Kier alpha value is -3.73. The van der Waals surface area contributed by atoms with E-state index in [0.717, 1.165) is 28.3 Å². The van der Waals surface area contributed by atoms with Gasteiger partial charge in [-0.25, -0.2) is 4.98 Å². The van der Waals surface area contributed by atoms with Gasteiger partial charge in [0.15, 0.2) is 0 Å². The van der Waals surface area contributed by atoms with Crippen LogP contribution in [-0.2, 0) is 0 Å². The predicted octanol–water partition coefficient (Wildman–Crippen LogP) is 5.11. The van der Waals surface area contributed by atoms with Crippen LogP contribution in [0.3, 0.4) is 0 Å². The first kappa shape index (κ1) is 15.8. The van der Waals surface area contributed by atoms with Gasteiger partial charge in [0, 0.05) is 28.9 Å². The molecule has 1 heterocycles. The molecular weight excluding hydrogens is 326 g/mol. The van der Waals surface area contributed by atoms with Gasteiger partial charge in [0.25, 0.3) is 5.69 Å². The van der Waals surface area contributed by atoms with Crippen molar-refractivity contribution in [2.24, 2.45) is 0 Å². The summed E-state index contributed by atoms with van der Waals surface area (Å²) in [5.74, 6) is 0.790. The molecule has 0 spiro atoms. The van der Waals surface area contributed by atoms with Gasteiger partial charge in [-0.05, 0) is 12.1 Å². The molecule has 0 aliphatic heterocycles. The van der Waals surface area contributed by atoms with E-state index in [-0.39, 0.29) is 5.69 Å². The van der Waals surface area contributed by atoms with Gasteiger partial charge in [-0.15, -0.1) is 0 Å². The number of aromatic nitrogens is 2. The largest absolute Gasteiger partial charge is 0.292 e. The van der Waals surface area contributed by atoms with Gasteiger partial charge in [-0.2, -0.15) is 0 Å². The van der Waals surface area contributed by atoms with Crippen LogP contribution in [0.25, 0.3) is 28.3 Å². The maximum absolute atomic E-state index is 11.0. The van der Waals surface area contributed by atoms with E-state index in [2.05, 4.69) is 4.98 Å². The normalized spacial score (nSPS) is 10.6. The summed E-state index contributed by atoms with van der Waals surface area (Å²) in [6.07, 6.45) is 1.83. The van der Waals surface area contributed by atoms with Crippen LogP contribution in [0, 0.1) is 10.1 Å². The maximum atomic E-state index is 11.0. The fourth-order valence-electron chi connectivity index (χ4n) is 2.94. The first-order chi connectivity index (χ1) is 12.7. The smallest absolute Gasteiger partial charge is 0.269 e. The minimum atomic E-state index is -0.395. The molecule has 5 nitrogen and oxygen atoms in total. The van der Waals surface area contributed by atoms with Gasteiger partial charge in [0.05, 0.1) is 16.8 Å². The van der Waals surface area contributed by atoms with Crippen molar-refractivity contribution >= 4 is 5.69 Å². The first-order valence-corrected chi connectivity index (χ1v) is 8.17. The zero-order valence-electron chi connectivity index (χ0n) is 13.8. The van der Waals surface area contributed by atoms with Gasteiger partial charge in [0.1, 0.15) is 5.82 Å². The zero-order chi connectivity index (χ0) is 17.9. The summed E-state index contributed by atoms with van der Waals surface area (Å²) in [6, 6.07) is 26.4. The van der Waals surface area contributed by atoms with Crippen LogP contribution < -0.4 is 0 Å². The van der Waals surface area contributed by atoms with Crippen LogP contribution >= 0.6 is 0 Å². The molecule has 0 aliphatic rings. The van der Waals surface area contributed by atoms with Crippen LogP contribution in [0.2, 0.25) is 0 Å². The number of hydrogen-bond acceptors (Lipinski definition) is 3. The number of nitrogens with zero attached hydrogens (tertiary/aromatic N) is 3. The van der Waals surface area contributed by atoms with Crippen LogP contribution in [0.5, 0.6) is 0 Å². The van der Waals surface area contributed by atoms with E-state index in [9.17, 15) is 10.1 Å². The summed E-state index contributed by atoms with van der Waals surface area (Å²) < 4.78 is 2.02. The Bertz CT molecular complexity index is 983. The second-order valence-electron chi connectivity index (χ2n) is 5.81. The van der Waals surface area contributed by atoms with E-state index in [1.807, 2.05) is 71.4 Å². The number of non-ortho nitro benzene ring substituents is 1. The number of nitro groups is 1. The quantitative estimate of drug-likeness (QED) is 0.382. The minimum absolute atomic E-state index is 0.0661. The lowest BCUT2D eigenvalue weighted by Crippen LogP contribution is -2.00. The van der Waals surface area contributed by atoms with Crippen molar-refractivity contribution in [3.05, 3.63) is 101 Å². The highest BCUT2D eigenvalue weighted by Gasteiger charge is 2.16. The third kappa shape index (κ3) is 2.86. The SMILES string of the molecule is O=[N+]([O-])c1ccc(-n2c(-c3ccccc3)cnc2-c2ccccc2)cc1. The van der Waals surface area contributed by atoms with Crippen LogP contribution in [0.1, 0.15) is 0 Å². The molecule has 4 rings (SSSR count). The highest BCUT2D eigenvalue weighted by atomic mass is 16.6. The Morgan fingerprint density at radius 3 is 1.92 bits per heavy atom. The molecule has 0 saturated heterocycles. The third-order valence-corrected chi connectivity index (χ3v) is 4.18. The average molecular weight is 341 g/mol. The van der Waals surface area contributed by atoms with Gasteiger partial charge in [-0.1, -0.05) is 60.7 Å². The molecule has 3 aromatic carbocycles. The van der Waals surface area contributed by atoms with E-state index >= 15 is 0 Å². The first-order valence-electron chi connectivity index (χ1n) is 8.17. The number of imidazole rings is 1. The van der Waals surface area contributed by atoms with Gasteiger partial charge in [-0.3, -0.25) is 14.7 Å². The Balaban J connectivity index is 1.92. The molecule has 1 aromatic heterocycles. The summed E-state index contributed by atoms with van der Waals surface area (Å²) in [7, 11) is 0. The lowest BCUT2D eigenvalue weighted by molar-refractivity contribution is -0.384. The summed E-state index contributed by atoms with van der Waals surface area (Å²) in [5, 5.41) is 11.0. The average Bonchev–Trinajstić information content (AvgIpc) is 3.14. The van der Waals surface area contributed by atoms with Crippen molar-refractivity contribution in [3.63, 3.8) is 0 Å². The van der Waals surface area contributed by atoms with E-state index < -0.39 is 4.92 Å². The van der Waals surface area contributed by atoms with Crippen LogP contribution in [-0.4, -0.2) is 14.5 Å². The second kappa shape index (κ2) is 6.64. The fourth-order valence-corrected chi connectivity index (χ4v) is 2.94.